The van der Waals surface area contributed by atoms with Crippen molar-refractivity contribution in [3.05, 3.63) is 134 Å². The lowest BCUT2D eigenvalue weighted by molar-refractivity contribution is -0.161. The van der Waals surface area contributed by atoms with Crippen LogP contribution >= 0.6 is 0 Å². The number of aliphatic hydroxyl groups excluding tert-OH is 1. The minimum atomic E-state index is -0.787. The molecule has 1 unspecified atom stereocenters. The van der Waals surface area contributed by atoms with Crippen LogP contribution < -0.4 is 0 Å². The maximum absolute atomic E-state index is 12.4. The van der Waals surface area contributed by atoms with Gasteiger partial charge in [0.15, 0.2) is 6.10 Å². The van der Waals surface area contributed by atoms with Crippen molar-refractivity contribution in [1.82, 2.24) is 0 Å². The van der Waals surface area contributed by atoms with Crippen LogP contribution in [0.25, 0.3) is 0 Å². The Balaban J connectivity index is 3.50. The van der Waals surface area contributed by atoms with Gasteiger partial charge in [-0.15, -0.1) is 0 Å². The highest BCUT2D eigenvalue weighted by Gasteiger charge is 2.16. The van der Waals surface area contributed by atoms with Crippen LogP contribution in [0, 0.1) is 0 Å². The molecule has 0 aliphatic carbocycles. The van der Waals surface area contributed by atoms with Gasteiger partial charge < -0.3 is 14.6 Å². The second-order valence-electron chi connectivity index (χ2n) is 26.4. The highest BCUT2D eigenvalue weighted by Crippen LogP contribution is 2.19. The quantitative estimate of drug-likeness (QED) is 0.0373. The average molecular weight is 1280 g/mol. The van der Waals surface area contributed by atoms with Gasteiger partial charge in [-0.1, -0.05) is 411 Å². The molecule has 5 nitrogen and oxygen atoms in total. The maximum atomic E-state index is 12.4. The summed E-state index contributed by atoms with van der Waals surface area (Å²) in [6.45, 7) is 4.06. The second kappa shape index (κ2) is 81.3. The molecule has 0 bridgehead atoms. The van der Waals surface area contributed by atoms with E-state index < -0.39 is 6.10 Å². The Labute approximate surface area is 572 Å². The molecule has 0 aromatic heterocycles. The maximum Gasteiger partial charge on any atom is 0.306 e. The summed E-state index contributed by atoms with van der Waals surface area (Å²) in [7, 11) is 0. The van der Waals surface area contributed by atoms with Crippen molar-refractivity contribution in [1.29, 1.82) is 0 Å². The molecule has 0 radical (unpaired) electrons. The van der Waals surface area contributed by atoms with Gasteiger partial charge in [-0.3, -0.25) is 9.59 Å². The number of hydrogen-bond donors (Lipinski definition) is 1. The zero-order valence-corrected chi connectivity index (χ0v) is 60.8. The van der Waals surface area contributed by atoms with E-state index in [9.17, 15) is 14.7 Å². The normalized spacial score (nSPS) is 12.9. The Kier molecular flexibility index (Phi) is 77.8. The van der Waals surface area contributed by atoms with Crippen LogP contribution in [0.5, 0.6) is 0 Å². The molecule has 5 heteroatoms. The summed E-state index contributed by atoms with van der Waals surface area (Å²) in [5, 5.41) is 9.72. The lowest BCUT2D eigenvalue weighted by Crippen LogP contribution is -2.28. The number of carbonyl (C=O) groups excluding carboxylic acids is 2. The van der Waals surface area contributed by atoms with Crippen LogP contribution in [-0.2, 0) is 19.1 Å². The van der Waals surface area contributed by atoms with Crippen LogP contribution in [0.15, 0.2) is 134 Å². The summed E-state index contributed by atoms with van der Waals surface area (Å²) < 4.78 is 10.8. The smallest absolute Gasteiger partial charge is 0.306 e. The highest BCUT2D eigenvalue weighted by molar-refractivity contribution is 5.70. The Morgan fingerprint density at radius 2 is 0.467 bits per heavy atom. The number of esters is 2. The molecule has 92 heavy (non-hydrogen) atoms. The van der Waals surface area contributed by atoms with Crippen molar-refractivity contribution < 1.29 is 24.2 Å². The van der Waals surface area contributed by atoms with E-state index in [1.165, 1.54) is 244 Å². The third kappa shape index (κ3) is 78.5. The van der Waals surface area contributed by atoms with Crippen LogP contribution in [0.4, 0.5) is 0 Å². The van der Waals surface area contributed by atoms with Gasteiger partial charge in [0.05, 0.1) is 6.61 Å². The summed E-state index contributed by atoms with van der Waals surface area (Å²) in [6, 6.07) is 0. The number of rotatable bonds is 73. The van der Waals surface area contributed by atoms with Crippen molar-refractivity contribution in [3.63, 3.8) is 0 Å². The molecular formula is C87H150O5. The lowest BCUT2D eigenvalue weighted by Gasteiger charge is -2.15. The molecule has 0 saturated carbocycles. The Bertz CT molecular complexity index is 1840. The predicted octanol–water partition coefficient (Wildman–Crippen LogP) is 28.2. The molecule has 0 amide bonds. The number of allylic oxidation sites excluding steroid dienone is 22. The molecule has 0 aliphatic rings. The fraction of sp³-hybridized carbons (Fsp3) is 0.724. The molecule has 0 aliphatic heterocycles. The largest absolute Gasteiger partial charge is 0.462 e. The lowest BCUT2D eigenvalue weighted by atomic mass is 10.0. The molecule has 528 valence electrons. The number of carbonyl (C=O) groups is 2. The van der Waals surface area contributed by atoms with Gasteiger partial charge >= 0.3 is 11.9 Å². The third-order valence-corrected chi connectivity index (χ3v) is 17.5. The van der Waals surface area contributed by atoms with Gasteiger partial charge in [-0.2, -0.15) is 0 Å². The fourth-order valence-electron chi connectivity index (χ4n) is 11.6. The van der Waals surface area contributed by atoms with Crippen LogP contribution in [0.1, 0.15) is 386 Å². The van der Waals surface area contributed by atoms with E-state index in [-0.39, 0.29) is 25.2 Å². The van der Waals surface area contributed by atoms with E-state index in [0.717, 1.165) is 116 Å². The van der Waals surface area contributed by atoms with E-state index in [0.29, 0.717) is 12.8 Å². The van der Waals surface area contributed by atoms with E-state index in [1.807, 2.05) is 0 Å². The Morgan fingerprint density at radius 3 is 0.707 bits per heavy atom. The minimum Gasteiger partial charge on any atom is -0.462 e. The Morgan fingerprint density at radius 1 is 0.261 bits per heavy atom. The molecular weight excluding hydrogens is 1120 g/mol. The molecule has 0 saturated heterocycles. The standard InChI is InChI=1S/C87H150O5/c1-3-5-7-9-11-13-15-17-19-21-23-25-27-29-31-33-35-37-39-41-42-43-44-46-48-50-52-54-56-58-60-62-64-66-68-70-72-74-76-78-80-82-87(90)92-85(83-88)84-91-86(89)81-79-77-75-73-71-69-67-65-63-61-59-57-55-53-51-49-47-45-40-38-36-34-32-30-28-26-24-22-20-18-16-14-12-10-8-6-4-2/h5,7,11,13,17,19,23,25,29,31,35,37,41-42,44,46,50,52,56,58,62,64,85,88H,3-4,6,8-10,12,14-16,18,20-22,24,26-28,30,32-34,36,38-40,43,45,47-49,51,53-55,57,59-61,63,65-84H2,1-2H3/b7-5-,13-11-,19-17-,25-23-,31-29-,37-35-,42-41-,46-44-,52-50-,58-56-,64-62-. The molecule has 1 atom stereocenters. The average Bonchev–Trinajstić information content (AvgIpc) is 3.64. The Hall–Kier alpha value is -3.96. The summed E-state index contributed by atoms with van der Waals surface area (Å²) in [4.78, 5) is 24.7. The molecule has 0 rings (SSSR count). The second-order valence-corrected chi connectivity index (χ2v) is 26.4. The van der Waals surface area contributed by atoms with Crippen LogP contribution in [-0.4, -0.2) is 36.4 Å². The molecule has 0 fully saturated rings. The molecule has 0 spiro atoms. The first-order valence-corrected chi connectivity index (χ1v) is 39.7. The molecule has 0 aromatic carbocycles. The van der Waals surface area contributed by atoms with Gasteiger partial charge in [0, 0.05) is 12.8 Å². The monoisotopic (exact) mass is 1280 g/mol. The minimum absolute atomic E-state index is 0.0733. The number of unbranched alkanes of at least 4 members (excludes halogenated alkanes) is 43. The fourth-order valence-corrected chi connectivity index (χ4v) is 11.6. The van der Waals surface area contributed by atoms with Gasteiger partial charge in [0.2, 0.25) is 0 Å². The summed E-state index contributed by atoms with van der Waals surface area (Å²) in [5.74, 6) is -0.595. The van der Waals surface area contributed by atoms with E-state index in [2.05, 4.69) is 148 Å². The van der Waals surface area contributed by atoms with Crippen molar-refractivity contribution in [2.75, 3.05) is 13.2 Å². The van der Waals surface area contributed by atoms with Crippen molar-refractivity contribution in [2.45, 2.75) is 392 Å². The third-order valence-electron chi connectivity index (χ3n) is 17.5. The molecule has 0 heterocycles. The van der Waals surface area contributed by atoms with Crippen LogP contribution in [0.2, 0.25) is 0 Å². The number of aliphatic hydroxyl groups is 1. The SMILES string of the molecule is CC/C=C\C/C=C\C/C=C\C/C=C\C/C=C\C/C=C\C/C=C\C/C=C\C/C=C\C/C=C\C/C=C\CCCCCCCCCC(=O)OC(CO)COC(=O)CCCCCCCCCCCCCCCCCCCCCCCCCCCCCCCCCCCCCCC. The predicted molar refractivity (Wildman–Crippen MR) is 408 cm³/mol. The zero-order valence-electron chi connectivity index (χ0n) is 60.8. The van der Waals surface area contributed by atoms with E-state index in [1.54, 1.807) is 0 Å². The first-order chi connectivity index (χ1) is 45.6. The molecule has 0 aromatic rings. The summed E-state index contributed by atoms with van der Waals surface area (Å²) in [6.07, 6.45) is 121. The molecule has 1 N–H and O–H groups in total. The first kappa shape index (κ1) is 88.0. The first-order valence-electron chi connectivity index (χ1n) is 39.7. The zero-order chi connectivity index (χ0) is 66.1. The van der Waals surface area contributed by atoms with E-state index in [4.69, 9.17) is 9.47 Å². The topological polar surface area (TPSA) is 72.8 Å². The van der Waals surface area contributed by atoms with Gasteiger partial charge in [0.25, 0.3) is 0 Å². The summed E-state index contributed by atoms with van der Waals surface area (Å²) >= 11 is 0. The van der Waals surface area contributed by atoms with Crippen molar-refractivity contribution in [2.24, 2.45) is 0 Å². The number of ether oxygens (including phenoxy) is 2. The van der Waals surface area contributed by atoms with Gasteiger partial charge in [-0.25, -0.2) is 0 Å². The summed E-state index contributed by atoms with van der Waals surface area (Å²) in [5.41, 5.74) is 0. The van der Waals surface area contributed by atoms with Crippen molar-refractivity contribution >= 4 is 11.9 Å². The highest BCUT2D eigenvalue weighted by atomic mass is 16.6. The van der Waals surface area contributed by atoms with E-state index >= 15 is 0 Å². The van der Waals surface area contributed by atoms with Crippen molar-refractivity contribution in [3.8, 4) is 0 Å². The number of hydrogen-bond acceptors (Lipinski definition) is 5. The van der Waals surface area contributed by atoms with Gasteiger partial charge in [-0.05, 0) is 96.3 Å². The van der Waals surface area contributed by atoms with Crippen LogP contribution in [0.3, 0.4) is 0 Å². The van der Waals surface area contributed by atoms with Gasteiger partial charge in [0.1, 0.15) is 6.61 Å².